The standard InChI is InChI=1S/C21H26ClN3O2/c22-18-8-6-17(7-9-18)21-23-20(24-27-21)16-11-13-25(14-12-16)19(26)10-5-15-3-1-2-4-15/h6-9,15-16H,1-5,10-14H2. The zero-order valence-corrected chi connectivity index (χ0v) is 16.3. The summed E-state index contributed by atoms with van der Waals surface area (Å²) in [5, 5.41) is 4.86. The second-order valence-electron chi connectivity index (χ2n) is 7.81. The molecular weight excluding hydrogens is 362 g/mol. The minimum absolute atomic E-state index is 0.258. The van der Waals surface area contributed by atoms with E-state index in [-0.39, 0.29) is 5.92 Å². The van der Waals surface area contributed by atoms with Crippen LogP contribution in [0.2, 0.25) is 5.02 Å². The highest BCUT2D eigenvalue weighted by molar-refractivity contribution is 6.30. The van der Waals surface area contributed by atoms with Crippen molar-refractivity contribution in [2.45, 2.75) is 57.3 Å². The average molecular weight is 388 g/mol. The van der Waals surface area contributed by atoms with Crippen molar-refractivity contribution in [3.8, 4) is 11.5 Å². The minimum atomic E-state index is 0.258. The fourth-order valence-electron chi connectivity index (χ4n) is 4.28. The number of carbonyl (C=O) groups is 1. The minimum Gasteiger partial charge on any atom is -0.343 e. The zero-order valence-electron chi connectivity index (χ0n) is 15.6. The predicted molar refractivity (Wildman–Crippen MR) is 104 cm³/mol. The molecule has 1 aliphatic carbocycles. The van der Waals surface area contributed by atoms with Gasteiger partial charge in [-0.05, 0) is 49.4 Å². The van der Waals surface area contributed by atoms with Crippen molar-refractivity contribution < 1.29 is 9.32 Å². The molecule has 2 heterocycles. The highest BCUT2D eigenvalue weighted by atomic mass is 35.5. The fraction of sp³-hybridized carbons (Fsp3) is 0.571. The second kappa shape index (κ2) is 8.42. The normalized spacial score (nSPS) is 18.9. The molecule has 2 aromatic rings. The van der Waals surface area contributed by atoms with E-state index in [0.717, 1.165) is 49.7 Å². The van der Waals surface area contributed by atoms with Crippen LogP contribution in [-0.4, -0.2) is 34.0 Å². The van der Waals surface area contributed by atoms with Gasteiger partial charge in [-0.1, -0.05) is 42.4 Å². The maximum atomic E-state index is 12.5. The van der Waals surface area contributed by atoms with Gasteiger partial charge in [-0.15, -0.1) is 0 Å². The molecule has 1 saturated heterocycles. The molecule has 6 heteroatoms. The van der Waals surface area contributed by atoms with Crippen LogP contribution >= 0.6 is 11.6 Å². The van der Waals surface area contributed by atoms with Crippen LogP contribution in [-0.2, 0) is 4.79 Å². The number of amides is 1. The lowest BCUT2D eigenvalue weighted by molar-refractivity contribution is -0.132. The summed E-state index contributed by atoms with van der Waals surface area (Å²) in [6.45, 7) is 1.58. The summed E-state index contributed by atoms with van der Waals surface area (Å²) in [4.78, 5) is 19.1. The summed E-state index contributed by atoms with van der Waals surface area (Å²) in [7, 11) is 0. The van der Waals surface area contributed by atoms with Gasteiger partial charge in [-0.2, -0.15) is 4.98 Å². The molecule has 4 rings (SSSR count). The third-order valence-corrected chi connectivity index (χ3v) is 6.24. The summed E-state index contributed by atoms with van der Waals surface area (Å²) in [6.07, 6.45) is 8.86. The largest absolute Gasteiger partial charge is 0.343 e. The second-order valence-corrected chi connectivity index (χ2v) is 8.25. The SMILES string of the molecule is O=C(CCC1CCCC1)N1CCC(c2noc(-c3ccc(Cl)cc3)n2)CC1. The van der Waals surface area contributed by atoms with Gasteiger partial charge in [0.25, 0.3) is 5.89 Å². The van der Waals surface area contributed by atoms with Crippen LogP contribution < -0.4 is 0 Å². The van der Waals surface area contributed by atoms with Gasteiger partial charge in [0.2, 0.25) is 5.91 Å². The van der Waals surface area contributed by atoms with Crippen molar-refractivity contribution >= 4 is 17.5 Å². The topological polar surface area (TPSA) is 59.2 Å². The maximum absolute atomic E-state index is 12.5. The van der Waals surface area contributed by atoms with Crippen LogP contribution in [0.4, 0.5) is 0 Å². The number of carbonyl (C=O) groups excluding carboxylic acids is 1. The lowest BCUT2D eigenvalue weighted by atomic mass is 9.95. The van der Waals surface area contributed by atoms with Crippen LogP contribution in [0, 0.1) is 5.92 Å². The van der Waals surface area contributed by atoms with Crippen LogP contribution in [0.1, 0.15) is 63.1 Å². The van der Waals surface area contributed by atoms with E-state index in [1.807, 2.05) is 29.2 Å². The summed E-state index contributed by atoms with van der Waals surface area (Å²) in [5.41, 5.74) is 0.873. The maximum Gasteiger partial charge on any atom is 0.257 e. The Kier molecular flexibility index (Phi) is 5.77. The number of piperidine rings is 1. The molecule has 1 amide bonds. The molecule has 0 bridgehead atoms. The molecule has 0 radical (unpaired) electrons. The molecule has 0 spiro atoms. The molecule has 1 aromatic heterocycles. The van der Waals surface area contributed by atoms with E-state index in [1.165, 1.54) is 25.7 Å². The Morgan fingerprint density at radius 3 is 2.52 bits per heavy atom. The van der Waals surface area contributed by atoms with Crippen molar-refractivity contribution in [3.63, 3.8) is 0 Å². The van der Waals surface area contributed by atoms with Gasteiger partial charge in [0.15, 0.2) is 5.82 Å². The summed E-state index contributed by atoms with van der Waals surface area (Å²) in [6, 6.07) is 7.39. The van der Waals surface area contributed by atoms with Crippen LogP contribution in [0.3, 0.4) is 0 Å². The zero-order chi connectivity index (χ0) is 18.6. The number of halogens is 1. The first kappa shape index (κ1) is 18.5. The number of benzene rings is 1. The van der Waals surface area contributed by atoms with Gasteiger partial charge in [0.1, 0.15) is 0 Å². The quantitative estimate of drug-likeness (QED) is 0.718. The third-order valence-electron chi connectivity index (χ3n) is 5.99. The third kappa shape index (κ3) is 4.52. The van der Waals surface area contributed by atoms with Crippen LogP contribution in [0.15, 0.2) is 28.8 Å². The first-order chi connectivity index (χ1) is 13.2. The number of aromatic nitrogens is 2. The number of rotatable bonds is 5. The van der Waals surface area contributed by atoms with Crippen molar-refractivity contribution in [3.05, 3.63) is 35.1 Å². The summed E-state index contributed by atoms with van der Waals surface area (Å²) < 4.78 is 5.43. The molecule has 5 nitrogen and oxygen atoms in total. The van der Waals surface area contributed by atoms with Gasteiger partial charge in [-0.25, -0.2) is 0 Å². The molecule has 1 saturated carbocycles. The Labute approximate surface area is 165 Å². The molecule has 1 aliphatic heterocycles. The predicted octanol–water partition coefficient (Wildman–Crippen LogP) is 5.07. The Balaban J connectivity index is 1.29. The van der Waals surface area contributed by atoms with E-state index in [4.69, 9.17) is 16.1 Å². The van der Waals surface area contributed by atoms with E-state index < -0.39 is 0 Å². The lowest BCUT2D eigenvalue weighted by Gasteiger charge is -2.31. The Morgan fingerprint density at radius 2 is 1.81 bits per heavy atom. The molecule has 0 atom stereocenters. The number of nitrogens with zero attached hydrogens (tertiary/aromatic N) is 3. The Morgan fingerprint density at radius 1 is 1.11 bits per heavy atom. The molecular formula is C21H26ClN3O2. The molecule has 0 N–H and O–H groups in total. The van der Waals surface area contributed by atoms with E-state index in [0.29, 0.717) is 23.2 Å². The molecule has 144 valence electrons. The Bertz CT molecular complexity index is 760. The summed E-state index contributed by atoms with van der Waals surface area (Å²) in [5.74, 6) is 2.62. The highest BCUT2D eigenvalue weighted by Gasteiger charge is 2.27. The molecule has 2 aliphatic rings. The number of likely N-dealkylation sites (tertiary alicyclic amines) is 1. The van der Waals surface area contributed by atoms with Crippen molar-refractivity contribution in [2.75, 3.05) is 13.1 Å². The first-order valence-electron chi connectivity index (χ1n) is 10.1. The van der Waals surface area contributed by atoms with Crippen molar-refractivity contribution in [2.24, 2.45) is 5.92 Å². The van der Waals surface area contributed by atoms with Crippen LogP contribution in [0.5, 0.6) is 0 Å². The molecule has 2 fully saturated rings. The smallest absolute Gasteiger partial charge is 0.257 e. The van der Waals surface area contributed by atoms with Gasteiger partial charge < -0.3 is 9.42 Å². The molecule has 27 heavy (non-hydrogen) atoms. The summed E-state index contributed by atoms with van der Waals surface area (Å²) >= 11 is 5.93. The Hall–Kier alpha value is -1.88. The lowest BCUT2D eigenvalue weighted by Crippen LogP contribution is -2.38. The van der Waals surface area contributed by atoms with E-state index in [9.17, 15) is 4.79 Å². The van der Waals surface area contributed by atoms with E-state index in [1.54, 1.807) is 0 Å². The van der Waals surface area contributed by atoms with Gasteiger partial charge in [-0.3, -0.25) is 4.79 Å². The fourth-order valence-corrected chi connectivity index (χ4v) is 4.41. The van der Waals surface area contributed by atoms with Crippen LogP contribution in [0.25, 0.3) is 11.5 Å². The average Bonchev–Trinajstić information content (AvgIpc) is 3.39. The number of hydrogen-bond donors (Lipinski definition) is 0. The highest BCUT2D eigenvalue weighted by Crippen LogP contribution is 2.31. The van der Waals surface area contributed by atoms with Crippen molar-refractivity contribution in [1.29, 1.82) is 0 Å². The molecule has 0 unspecified atom stereocenters. The first-order valence-corrected chi connectivity index (χ1v) is 10.4. The van der Waals surface area contributed by atoms with Gasteiger partial charge in [0.05, 0.1) is 0 Å². The van der Waals surface area contributed by atoms with Gasteiger partial charge in [0, 0.05) is 36.0 Å². The van der Waals surface area contributed by atoms with Gasteiger partial charge >= 0.3 is 0 Å². The van der Waals surface area contributed by atoms with Crippen molar-refractivity contribution in [1.82, 2.24) is 15.0 Å². The van der Waals surface area contributed by atoms with E-state index in [2.05, 4.69) is 10.1 Å². The molecule has 1 aromatic carbocycles. The number of hydrogen-bond acceptors (Lipinski definition) is 4. The van der Waals surface area contributed by atoms with E-state index >= 15 is 0 Å². The monoisotopic (exact) mass is 387 g/mol.